The van der Waals surface area contributed by atoms with E-state index in [4.69, 9.17) is 0 Å². The van der Waals surface area contributed by atoms with E-state index in [0.29, 0.717) is 16.9 Å². The lowest BCUT2D eigenvalue weighted by atomic mass is 10.2. The maximum Gasteiger partial charge on any atom is 0.387 e. The molecule has 1 fully saturated rings. The maximum absolute atomic E-state index is 12.5. The number of alkyl halides is 2. The van der Waals surface area contributed by atoms with Crippen LogP contribution in [0, 0.1) is 0 Å². The Morgan fingerprint density at radius 3 is 2.83 bits per heavy atom. The van der Waals surface area contributed by atoms with Crippen LogP contribution in [-0.2, 0) is 6.54 Å². The number of rotatable bonds is 7. The van der Waals surface area contributed by atoms with Crippen LogP contribution >= 0.6 is 11.8 Å². The third kappa shape index (κ3) is 5.85. The van der Waals surface area contributed by atoms with Gasteiger partial charge in [0.2, 0.25) is 0 Å². The second-order valence-corrected chi connectivity index (χ2v) is 6.83. The molecule has 1 aliphatic carbocycles. The number of thioether (sulfide) groups is 1. The van der Waals surface area contributed by atoms with Crippen LogP contribution < -0.4 is 15.4 Å². The zero-order valence-electron chi connectivity index (χ0n) is 14.1. The summed E-state index contributed by atoms with van der Waals surface area (Å²) in [6, 6.07) is 7.17. The highest BCUT2D eigenvalue weighted by Crippen LogP contribution is 2.28. The van der Waals surface area contributed by atoms with E-state index < -0.39 is 6.61 Å². The van der Waals surface area contributed by atoms with Crippen molar-refractivity contribution < 1.29 is 13.5 Å². The molecule has 2 unspecified atom stereocenters. The van der Waals surface area contributed by atoms with Crippen LogP contribution in [-0.4, -0.2) is 36.7 Å². The normalized spacial score (nSPS) is 21.1. The molecule has 0 heterocycles. The van der Waals surface area contributed by atoms with Gasteiger partial charge in [-0.05, 0) is 38.5 Å². The van der Waals surface area contributed by atoms with Gasteiger partial charge in [0.25, 0.3) is 0 Å². The lowest BCUT2D eigenvalue weighted by Gasteiger charge is -2.17. The number of para-hydroxylation sites is 1. The highest BCUT2D eigenvalue weighted by molar-refractivity contribution is 7.99. The summed E-state index contributed by atoms with van der Waals surface area (Å²) in [5.74, 6) is 0.895. The molecule has 0 aliphatic heterocycles. The quantitative estimate of drug-likeness (QED) is 0.578. The minimum atomic E-state index is -2.83. The van der Waals surface area contributed by atoms with Crippen molar-refractivity contribution in [1.29, 1.82) is 0 Å². The highest BCUT2D eigenvalue weighted by atomic mass is 32.2. The molecule has 1 aromatic carbocycles. The summed E-state index contributed by atoms with van der Waals surface area (Å²) in [4.78, 5) is 4.53. The summed E-state index contributed by atoms with van der Waals surface area (Å²) in [5, 5.41) is 7.36. The fourth-order valence-corrected chi connectivity index (χ4v) is 3.60. The van der Waals surface area contributed by atoms with E-state index in [1.807, 2.05) is 18.7 Å². The van der Waals surface area contributed by atoms with Gasteiger partial charge in [0.05, 0.1) is 6.54 Å². The predicted molar refractivity (Wildman–Crippen MR) is 96.0 cm³/mol. The van der Waals surface area contributed by atoms with Crippen LogP contribution in [0.3, 0.4) is 0 Å². The van der Waals surface area contributed by atoms with Gasteiger partial charge in [-0.1, -0.05) is 18.2 Å². The molecule has 1 aromatic rings. The standard InChI is InChI=1S/C17H25F2N3OS/c1-3-20-17(22-13-8-9-14(10-13)24-2)21-11-12-6-4-5-7-15(12)23-16(18)19/h4-7,13-14,16H,3,8-11H2,1-2H3,(H2,20,21,22). The number of ether oxygens (including phenoxy) is 1. The van der Waals surface area contributed by atoms with Gasteiger partial charge in [-0.2, -0.15) is 20.5 Å². The van der Waals surface area contributed by atoms with Crippen LogP contribution in [0.4, 0.5) is 8.78 Å². The van der Waals surface area contributed by atoms with Crippen molar-refractivity contribution in [2.45, 2.75) is 50.6 Å². The lowest BCUT2D eigenvalue weighted by molar-refractivity contribution is -0.0504. The molecule has 2 rings (SSSR count). The number of hydrogen-bond donors (Lipinski definition) is 2. The summed E-state index contributed by atoms with van der Waals surface area (Å²) < 4.78 is 29.5. The molecule has 0 aromatic heterocycles. The Morgan fingerprint density at radius 2 is 2.17 bits per heavy atom. The number of guanidine groups is 1. The molecule has 0 bridgehead atoms. The van der Waals surface area contributed by atoms with E-state index in [1.165, 1.54) is 12.5 Å². The van der Waals surface area contributed by atoms with Gasteiger partial charge in [-0.25, -0.2) is 4.99 Å². The Hall–Kier alpha value is -1.50. The Labute approximate surface area is 146 Å². The summed E-state index contributed by atoms with van der Waals surface area (Å²) in [5.41, 5.74) is 0.642. The molecule has 7 heteroatoms. The third-order valence-corrected chi connectivity index (χ3v) is 5.09. The molecule has 0 amide bonds. The van der Waals surface area contributed by atoms with Crippen molar-refractivity contribution in [2.24, 2.45) is 4.99 Å². The van der Waals surface area contributed by atoms with Crippen LogP contribution in [0.1, 0.15) is 31.7 Å². The topological polar surface area (TPSA) is 45.7 Å². The maximum atomic E-state index is 12.5. The highest BCUT2D eigenvalue weighted by Gasteiger charge is 2.24. The molecular formula is C17H25F2N3OS. The third-order valence-electron chi connectivity index (χ3n) is 4.00. The minimum Gasteiger partial charge on any atom is -0.434 e. The van der Waals surface area contributed by atoms with Gasteiger partial charge in [0, 0.05) is 23.4 Å². The molecule has 0 spiro atoms. The minimum absolute atomic E-state index is 0.176. The molecular weight excluding hydrogens is 332 g/mol. The van der Waals surface area contributed by atoms with Crippen LogP contribution in [0.25, 0.3) is 0 Å². The van der Waals surface area contributed by atoms with E-state index >= 15 is 0 Å². The second-order valence-electron chi connectivity index (χ2n) is 5.69. The average Bonchev–Trinajstić information content (AvgIpc) is 3.01. The zero-order valence-corrected chi connectivity index (χ0v) is 14.9. The largest absolute Gasteiger partial charge is 0.434 e. The Balaban J connectivity index is 2.00. The van der Waals surface area contributed by atoms with Gasteiger partial charge < -0.3 is 15.4 Å². The molecule has 24 heavy (non-hydrogen) atoms. The van der Waals surface area contributed by atoms with Crippen molar-refractivity contribution in [3.05, 3.63) is 29.8 Å². The SMILES string of the molecule is CCNC(=NCc1ccccc1OC(F)F)NC1CCC(SC)C1. The van der Waals surface area contributed by atoms with E-state index in [2.05, 4.69) is 26.6 Å². The summed E-state index contributed by atoms with van der Waals surface area (Å²) in [6.07, 6.45) is 5.60. The van der Waals surface area contributed by atoms with E-state index in [1.54, 1.807) is 18.2 Å². The Kier molecular flexibility index (Phi) is 7.62. The first-order valence-corrected chi connectivity index (χ1v) is 9.51. The number of benzene rings is 1. The molecule has 134 valence electrons. The summed E-state index contributed by atoms with van der Waals surface area (Å²) in [7, 11) is 0. The van der Waals surface area contributed by atoms with Gasteiger partial charge in [-0.15, -0.1) is 0 Å². The zero-order chi connectivity index (χ0) is 17.4. The number of hydrogen-bond acceptors (Lipinski definition) is 3. The molecule has 1 saturated carbocycles. The number of nitrogens with zero attached hydrogens (tertiary/aromatic N) is 1. The van der Waals surface area contributed by atoms with Crippen LogP contribution in [0.2, 0.25) is 0 Å². The molecule has 2 N–H and O–H groups in total. The monoisotopic (exact) mass is 357 g/mol. The van der Waals surface area contributed by atoms with Crippen molar-refractivity contribution in [1.82, 2.24) is 10.6 Å². The van der Waals surface area contributed by atoms with E-state index in [-0.39, 0.29) is 12.3 Å². The first kappa shape index (κ1) is 18.8. The average molecular weight is 357 g/mol. The smallest absolute Gasteiger partial charge is 0.387 e. The number of halogens is 2. The number of nitrogens with one attached hydrogen (secondary N) is 2. The fourth-order valence-electron chi connectivity index (χ4n) is 2.81. The van der Waals surface area contributed by atoms with Gasteiger partial charge >= 0.3 is 6.61 Å². The van der Waals surface area contributed by atoms with Crippen LogP contribution in [0.15, 0.2) is 29.3 Å². The van der Waals surface area contributed by atoms with Crippen molar-refractivity contribution in [3.63, 3.8) is 0 Å². The van der Waals surface area contributed by atoms with E-state index in [0.717, 1.165) is 25.3 Å². The van der Waals surface area contributed by atoms with Gasteiger partial charge in [-0.3, -0.25) is 0 Å². The van der Waals surface area contributed by atoms with Gasteiger partial charge in [0.1, 0.15) is 5.75 Å². The molecule has 0 saturated heterocycles. The van der Waals surface area contributed by atoms with Crippen molar-refractivity contribution in [2.75, 3.05) is 12.8 Å². The van der Waals surface area contributed by atoms with Gasteiger partial charge in [0.15, 0.2) is 5.96 Å². The Bertz CT molecular complexity index is 542. The number of aliphatic imine (C=N–C) groups is 1. The summed E-state index contributed by atoms with van der Waals surface area (Å²) in [6.45, 7) is 0.213. The fraction of sp³-hybridized carbons (Fsp3) is 0.588. The molecule has 0 radical (unpaired) electrons. The lowest BCUT2D eigenvalue weighted by Crippen LogP contribution is -2.42. The first-order chi connectivity index (χ1) is 11.6. The predicted octanol–water partition coefficient (Wildman–Crippen LogP) is 3.63. The van der Waals surface area contributed by atoms with Crippen molar-refractivity contribution in [3.8, 4) is 5.75 Å². The van der Waals surface area contributed by atoms with Crippen molar-refractivity contribution >= 4 is 17.7 Å². The summed E-state index contributed by atoms with van der Waals surface area (Å²) >= 11 is 1.91. The second kappa shape index (κ2) is 9.71. The first-order valence-electron chi connectivity index (χ1n) is 8.22. The molecule has 1 aliphatic rings. The molecule has 4 nitrogen and oxygen atoms in total. The molecule has 2 atom stereocenters. The Morgan fingerprint density at radius 1 is 1.38 bits per heavy atom. The van der Waals surface area contributed by atoms with Crippen LogP contribution in [0.5, 0.6) is 5.75 Å². The van der Waals surface area contributed by atoms with E-state index in [9.17, 15) is 8.78 Å².